The summed E-state index contributed by atoms with van der Waals surface area (Å²) >= 11 is 1.50. The maximum atomic E-state index is 14.3. The Bertz CT molecular complexity index is 1850. The topological polar surface area (TPSA) is 276 Å². The van der Waals surface area contributed by atoms with Crippen LogP contribution in [-0.2, 0) is 51.2 Å². The van der Waals surface area contributed by atoms with Gasteiger partial charge in [0.2, 0.25) is 41.4 Å². The minimum absolute atomic E-state index is 0.00558. The summed E-state index contributed by atoms with van der Waals surface area (Å²) in [5.74, 6) is 1.24. The molecule has 0 saturated carbocycles. The highest BCUT2D eigenvalue weighted by Crippen LogP contribution is 2.21. The standard InChI is InChI=1S/C43H62N10O8S/c1-26(2)23-35(42(60)48-31(19-22-62-3)41(59)52-45)53-21-18-32(43(53)61)49-39(57)33(24-27-11-6-4-7-12-27)51-40(58)34(25-28-13-8-5-9-14-28)50-38(56)30(16-17-36(44)54)47-37(55)29-15-10-20-46-29/h4-9,11-14,26,29-35,46H,10,15-25,45H2,1-3H3,(H2,44,54)(H,47,55)(H,48,60)(H,49,57)(H,50,56)(H,51,58)(H,52,59)/t29-,30+,31+,32-,33+,34+,35+/m1/s1. The van der Waals surface area contributed by atoms with E-state index in [1.54, 1.807) is 54.6 Å². The number of amides is 8. The molecule has 0 spiro atoms. The van der Waals surface area contributed by atoms with E-state index in [4.69, 9.17) is 11.6 Å². The summed E-state index contributed by atoms with van der Waals surface area (Å²) in [7, 11) is 0. The molecule has 0 aromatic heterocycles. The first kappa shape index (κ1) is 49.1. The first-order chi connectivity index (χ1) is 29.7. The lowest BCUT2D eigenvalue weighted by Crippen LogP contribution is -2.59. The fourth-order valence-electron chi connectivity index (χ4n) is 7.51. The van der Waals surface area contributed by atoms with Crippen LogP contribution in [0.15, 0.2) is 60.7 Å². The van der Waals surface area contributed by atoms with Crippen molar-refractivity contribution >= 4 is 59.0 Å². The van der Waals surface area contributed by atoms with Crippen molar-refractivity contribution in [2.75, 3.05) is 25.1 Å². The van der Waals surface area contributed by atoms with E-state index in [-0.39, 0.29) is 44.6 Å². The highest BCUT2D eigenvalue weighted by atomic mass is 32.2. The highest BCUT2D eigenvalue weighted by Gasteiger charge is 2.42. The van der Waals surface area contributed by atoms with E-state index >= 15 is 0 Å². The molecular formula is C43H62N10O8S. The van der Waals surface area contributed by atoms with Crippen molar-refractivity contribution in [3.63, 3.8) is 0 Å². The Hall–Kier alpha value is -5.53. The van der Waals surface area contributed by atoms with Crippen molar-refractivity contribution < 1.29 is 38.4 Å². The van der Waals surface area contributed by atoms with Crippen molar-refractivity contribution in [2.24, 2.45) is 17.5 Å². The highest BCUT2D eigenvalue weighted by molar-refractivity contribution is 7.98. The largest absolute Gasteiger partial charge is 0.370 e. The summed E-state index contributed by atoms with van der Waals surface area (Å²) in [6, 6.07) is 10.8. The number of nitrogens with two attached hydrogens (primary N) is 2. The Morgan fingerprint density at radius 3 is 1.85 bits per heavy atom. The van der Waals surface area contributed by atoms with Gasteiger partial charge in [-0.1, -0.05) is 74.5 Å². The minimum atomic E-state index is -1.24. The molecular weight excluding hydrogens is 817 g/mol. The SMILES string of the molecule is CSCC[C@H](NC(=O)[C@H](CC(C)C)N1CC[C@@H](NC(=O)[C@H](Cc2ccccc2)NC(=O)[C@H](Cc2ccccc2)NC(=O)[C@H](CCC(N)=O)NC(=O)[C@H]2CCCN2)C1=O)C(=O)NN. The van der Waals surface area contributed by atoms with E-state index in [1.165, 1.54) is 16.7 Å². The van der Waals surface area contributed by atoms with Crippen LogP contribution in [0.25, 0.3) is 0 Å². The van der Waals surface area contributed by atoms with Gasteiger partial charge in [-0.15, -0.1) is 0 Å². The zero-order valence-corrected chi connectivity index (χ0v) is 36.5. The Balaban J connectivity index is 1.55. The molecule has 2 aliphatic heterocycles. The van der Waals surface area contributed by atoms with E-state index in [0.29, 0.717) is 42.7 Å². The second-order valence-corrected chi connectivity index (χ2v) is 17.1. The normalized spacial score (nSPS) is 18.5. The van der Waals surface area contributed by atoms with Gasteiger partial charge in [0, 0.05) is 25.8 Å². The molecule has 338 valence electrons. The molecule has 2 heterocycles. The number of primary amides is 1. The number of hydrogen-bond acceptors (Lipinski definition) is 11. The third-order valence-electron chi connectivity index (χ3n) is 10.8. The first-order valence-corrected chi connectivity index (χ1v) is 22.5. The number of carbonyl (C=O) groups excluding carboxylic acids is 8. The van der Waals surface area contributed by atoms with Gasteiger partial charge in [-0.2, -0.15) is 11.8 Å². The average Bonchev–Trinajstić information content (AvgIpc) is 3.93. The van der Waals surface area contributed by atoms with Gasteiger partial charge in [-0.3, -0.25) is 43.8 Å². The Morgan fingerprint density at radius 1 is 0.758 bits per heavy atom. The molecule has 2 aromatic rings. The van der Waals surface area contributed by atoms with Gasteiger partial charge in [0.25, 0.3) is 5.91 Å². The zero-order valence-electron chi connectivity index (χ0n) is 35.7. The molecule has 0 aliphatic carbocycles. The fraction of sp³-hybridized carbons (Fsp3) is 0.535. The summed E-state index contributed by atoms with van der Waals surface area (Å²) in [6.45, 7) is 4.62. The Labute approximate surface area is 366 Å². The van der Waals surface area contributed by atoms with Gasteiger partial charge in [-0.25, -0.2) is 5.84 Å². The quantitative estimate of drug-likeness (QED) is 0.0362. The van der Waals surface area contributed by atoms with Crippen molar-refractivity contribution in [3.8, 4) is 0 Å². The van der Waals surface area contributed by atoms with Crippen LogP contribution in [0.5, 0.6) is 0 Å². The molecule has 7 atom stereocenters. The maximum Gasteiger partial charge on any atom is 0.256 e. The van der Waals surface area contributed by atoms with Crippen LogP contribution in [0.2, 0.25) is 0 Å². The third kappa shape index (κ3) is 15.1. The molecule has 18 nitrogen and oxygen atoms in total. The fourth-order valence-corrected chi connectivity index (χ4v) is 7.98. The smallest absolute Gasteiger partial charge is 0.256 e. The molecule has 19 heteroatoms. The number of likely N-dealkylation sites (tertiary alicyclic amines) is 1. The van der Waals surface area contributed by atoms with Gasteiger partial charge in [0.1, 0.15) is 36.3 Å². The summed E-state index contributed by atoms with van der Waals surface area (Å²) in [5, 5.41) is 16.9. The number of nitrogens with one attached hydrogen (secondary N) is 7. The lowest BCUT2D eigenvalue weighted by atomic mass is 10.0. The van der Waals surface area contributed by atoms with Gasteiger partial charge < -0.3 is 42.5 Å². The van der Waals surface area contributed by atoms with Crippen LogP contribution >= 0.6 is 11.8 Å². The summed E-state index contributed by atoms with van der Waals surface area (Å²) in [6.07, 6.45) is 3.77. The molecule has 11 N–H and O–H groups in total. The number of nitrogens with zero attached hydrogens (tertiary/aromatic N) is 1. The van der Waals surface area contributed by atoms with Crippen molar-refractivity contribution in [2.45, 2.75) is 114 Å². The van der Waals surface area contributed by atoms with Crippen LogP contribution in [0.4, 0.5) is 0 Å². The van der Waals surface area contributed by atoms with E-state index in [1.807, 2.05) is 26.2 Å². The van der Waals surface area contributed by atoms with Crippen molar-refractivity contribution in [1.82, 2.24) is 42.2 Å². The van der Waals surface area contributed by atoms with E-state index in [9.17, 15) is 38.4 Å². The molecule has 0 unspecified atom stereocenters. The van der Waals surface area contributed by atoms with E-state index in [2.05, 4.69) is 37.3 Å². The van der Waals surface area contributed by atoms with Crippen molar-refractivity contribution in [1.29, 1.82) is 0 Å². The van der Waals surface area contributed by atoms with Crippen molar-refractivity contribution in [3.05, 3.63) is 71.8 Å². The molecule has 2 saturated heterocycles. The van der Waals surface area contributed by atoms with E-state index < -0.39 is 89.6 Å². The van der Waals surface area contributed by atoms with Gasteiger partial charge >= 0.3 is 0 Å². The third-order valence-corrected chi connectivity index (χ3v) is 11.5. The predicted molar refractivity (Wildman–Crippen MR) is 234 cm³/mol. The number of carbonyl (C=O) groups is 8. The average molecular weight is 879 g/mol. The summed E-state index contributed by atoms with van der Waals surface area (Å²) in [5.41, 5.74) is 8.89. The van der Waals surface area contributed by atoms with Gasteiger partial charge in [-0.05, 0) is 74.1 Å². The molecule has 62 heavy (non-hydrogen) atoms. The van der Waals surface area contributed by atoms with Crippen LogP contribution in [0.3, 0.4) is 0 Å². The zero-order chi connectivity index (χ0) is 45.2. The molecule has 8 amide bonds. The predicted octanol–water partition coefficient (Wildman–Crippen LogP) is -0.697. The van der Waals surface area contributed by atoms with Gasteiger partial charge in [0.15, 0.2) is 0 Å². The summed E-state index contributed by atoms with van der Waals surface area (Å²) < 4.78 is 0. The second kappa shape index (κ2) is 24.8. The maximum absolute atomic E-state index is 14.3. The number of benzene rings is 2. The Kier molecular flexibility index (Phi) is 19.6. The van der Waals surface area contributed by atoms with E-state index in [0.717, 1.165) is 6.42 Å². The second-order valence-electron chi connectivity index (χ2n) is 16.1. The van der Waals surface area contributed by atoms with Crippen LogP contribution in [0.1, 0.15) is 69.9 Å². The number of hydrazine groups is 1. The number of thioether (sulfide) groups is 1. The molecule has 4 rings (SSSR count). The van der Waals surface area contributed by atoms with Gasteiger partial charge in [0.05, 0.1) is 6.04 Å². The number of hydrogen-bond donors (Lipinski definition) is 9. The lowest BCUT2D eigenvalue weighted by Gasteiger charge is -2.30. The molecule has 0 radical (unpaired) electrons. The first-order valence-electron chi connectivity index (χ1n) is 21.1. The molecule has 0 bridgehead atoms. The summed E-state index contributed by atoms with van der Waals surface area (Å²) in [4.78, 5) is 109. The molecule has 2 fully saturated rings. The van der Waals surface area contributed by atoms with Crippen LogP contribution in [-0.4, -0.2) is 120 Å². The van der Waals surface area contributed by atoms with Crippen LogP contribution in [0, 0.1) is 5.92 Å². The molecule has 2 aromatic carbocycles. The minimum Gasteiger partial charge on any atom is -0.370 e. The monoisotopic (exact) mass is 878 g/mol. The Morgan fingerprint density at radius 2 is 1.32 bits per heavy atom. The van der Waals surface area contributed by atoms with Crippen LogP contribution < -0.4 is 48.9 Å². The lowest BCUT2D eigenvalue weighted by molar-refractivity contribution is -0.141. The molecule has 2 aliphatic rings. The number of rotatable bonds is 24.